The highest BCUT2D eigenvalue weighted by Gasteiger charge is 2.31. The largest absolute Gasteiger partial charge is 0.480 e. The number of halogens is 1. The summed E-state index contributed by atoms with van der Waals surface area (Å²) in [4.78, 5) is 15.9. The van der Waals surface area contributed by atoms with Gasteiger partial charge in [-0.3, -0.25) is 9.89 Å². The fourth-order valence-electron chi connectivity index (χ4n) is 3.05. The molecule has 2 N–H and O–H groups in total. The van der Waals surface area contributed by atoms with Crippen LogP contribution in [0.5, 0.6) is 0 Å². The first-order valence-corrected chi connectivity index (χ1v) is 12.0. The Kier molecular flexibility index (Phi) is 6.79. The van der Waals surface area contributed by atoms with E-state index in [0.29, 0.717) is 43.3 Å². The van der Waals surface area contributed by atoms with Crippen molar-refractivity contribution in [1.29, 1.82) is 0 Å². The van der Waals surface area contributed by atoms with E-state index in [2.05, 4.69) is 31.1 Å². The van der Waals surface area contributed by atoms with E-state index in [0.717, 1.165) is 16.2 Å². The summed E-state index contributed by atoms with van der Waals surface area (Å²) in [5.41, 5.74) is 0. The minimum absolute atomic E-state index is 0.0723. The van der Waals surface area contributed by atoms with Crippen LogP contribution in [0, 0.1) is 0 Å². The molecule has 1 aromatic carbocycles. The molecule has 28 heavy (non-hydrogen) atoms. The van der Waals surface area contributed by atoms with Gasteiger partial charge in [-0.25, -0.2) is 13.4 Å². The standard InChI is InChI=1S/C17H21BrN4O4S2/c1-2-14(16(23)24)27-17-19-15(20-21-17)11-7-9-22(10-8-11)28(25,26)13-5-3-12(18)4-6-13/h3-6,11,14H,2,7-10H2,1H3,(H,23,24)(H,19,20,21). The second kappa shape index (κ2) is 8.93. The van der Waals surface area contributed by atoms with Gasteiger partial charge < -0.3 is 5.11 Å². The molecule has 2 aromatic rings. The first-order valence-electron chi connectivity index (χ1n) is 8.88. The van der Waals surface area contributed by atoms with Crippen molar-refractivity contribution in [3.8, 4) is 0 Å². The molecule has 0 saturated carbocycles. The van der Waals surface area contributed by atoms with Gasteiger partial charge in [0.15, 0.2) is 0 Å². The van der Waals surface area contributed by atoms with Crippen molar-refractivity contribution in [2.24, 2.45) is 0 Å². The number of H-pyrrole nitrogens is 1. The lowest BCUT2D eigenvalue weighted by Gasteiger charge is -2.30. The Morgan fingerprint density at radius 2 is 2.00 bits per heavy atom. The maximum absolute atomic E-state index is 12.8. The van der Waals surface area contributed by atoms with Crippen molar-refractivity contribution < 1.29 is 18.3 Å². The van der Waals surface area contributed by atoms with Gasteiger partial charge in [0.2, 0.25) is 15.2 Å². The van der Waals surface area contributed by atoms with Crippen LogP contribution in [-0.2, 0) is 14.8 Å². The van der Waals surface area contributed by atoms with E-state index in [4.69, 9.17) is 5.11 Å². The Balaban J connectivity index is 1.62. The Morgan fingerprint density at radius 1 is 1.36 bits per heavy atom. The van der Waals surface area contributed by atoms with E-state index in [1.807, 2.05) is 0 Å². The van der Waals surface area contributed by atoms with Crippen molar-refractivity contribution in [1.82, 2.24) is 19.5 Å². The second-order valence-corrected chi connectivity index (χ2v) is 10.5. The van der Waals surface area contributed by atoms with Crippen molar-refractivity contribution in [3.05, 3.63) is 34.6 Å². The number of carboxylic acid groups (broad SMARTS) is 1. The zero-order valence-corrected chi connectivity index (χ0v) is 18.4. The molecule has 1 unspecified atom stereocenters. The summed E-state index contributed by atoms with van der Waals surface area (Å²) in [6, 6.07) is 6.62. The number of aromatic nitrogens is 3. The number of aromatic amines is 1. The average Bonchev–Trinajstić information content (AvgIpc) is 3.15. The van der Waals surface area contributed by atoms with Crippen LogP contribution in [0.4, 0.5) is 0 Å². The third-order valence-corrected chi connectivity index (χ3v) is 8.32. The second-order valence-electron chi connectivity index (χ2n) is 6.49. The molecule has 1 atom stereocenters. The molecule has 0 amide bonds. The summed E-state index contributed by atoms with van der Waals surface area (Å²) in [6.07, 6.45) is 1.74. The molecule has 8 nitrogen and oxygen atoms in total. The number of rotatable bonds is 7. The van der Waals surface area contributed by atoms with Crippen LogP contribution < -0.4 is 0 Å². The number of thioether (sulfide) groups is 1. The van der Waals surface area contributed by atoms with Gasteiger partial charge >= 0.3 is 5.97 Å². The topological polar surface area (TPSA) is 116 Å². The summed E-state index contributed by atoms with van der Waals surface area (Å²) < 4.78 is 27.9. The number of aliphatic carboxylic acids is 1. The van der Waals surface area contributed by atoms with Crippen LogP contribution in [0.25, 0.3) is 0 Å². The van der Waals surface area contributed by atoms with Crippen molar-refractivity contribution >= 4 is 43.7 Å². The molecular weight excluding hydrogens is 468 g/mol. The summed E-state index contributed by atoms with van der Waals surface area (Å²) in [5.74, 6) is -0.128. The van der Waals surface area contributed by atoms with Gasteiger partial charge in [0.25, 0.3) is 0 Å². The molecule has 152 valence electrons. The SMILES string of the molecule is CCC(Sc1n[nH]c(C2CCN(S(=O)(=O)c3ccc(Br)cc3)CC2)n1)C(=O)O. The van der Waals surface area contributed by atoms with Crippen molar-refractivity contribution in [3.63, 3.8) is 0 Å². The van der Waals surface area contributed by atoms with Crippen LogP contribution in [0.2, 0.25) is 0 Å². The molecule has 11 heteroatoms. The van der Waals surface area contributed by atoms with Gasteiger partial charge in [-0.15, -0.1) is 5.10 Å². The number of carboxylic acids is 1. The third kappa shape index (κ3) is 4.76. The van der Waals surface area contributed by atoms with E-state index in [1.165, 1.54) is 4.31 Å². The maximum Gasteiger partial charge on any atom is 0.317 e. The van der Waals surface area contributed by atoms with Gasteiger partial charge in [-0.2, -0.15) is 4.31 Å². The number of piperidine rings is 1. The van der Waals surface area contributed by atoms with Crippen molar-refractivity contribution in [2.75, 3.05) is 13.1 Å². The molecule has 3 rings (SSSR count). The molecule has 1 aliphatic rings. The fourth-order valence-corrected chi connectivity index (χ4v) is 5.56. The minimum atomic E-state index is -3.51. The summed E-state index contributed by atoms with van der Waals surface area (Å²) >= 11 is 4.43. The Morgan fingerprint density at radius 3 is 2.57 bits per heavy atom. The lowest BCUT2D eigenvalue weighted by Crippen LogP contribution is -2.38. The first-order chi connectivity index (χ1) is 13.3. The normalized spacial score (nSPS) is 17.5. The Bertz CT molecular complexity index is 925. The molecule has 1 fully saturated rings. The number of nitrogens with zero attached hydrogens (tertiary/aromatic N) is 3. The van der Waals surface area contributed by atoms with Gasteiger partial charge in [0.05, 0.1) is 4.90 Å². The third-order valence-electron chi connectivity index (χ3n) is 4.67. The van der Waals surface area contributed by atoms with Gasteiger partial charge in [-0.05, 0) is 43.5 Å². The summed E-state index contributed by atoms with van der Waals surface area (Å²) in [6.45, 7) is 2.61. The van der Waals surface area contributed by atoms with Gasteiger partial charge in [-0.1, -0.05) is 34.6 Å². The molecule has 1 aromatic heterocycles. The molecule has 1 aliphatic heterocycles. The van der Waals surface area contributed by atoms with E-state index in [1.54, 1.807) is 31.2 Å². The number of hydrogen-bond donors (Lipinski definition) is 2. The van der Waals surface area contributed by atoms with Crippen LogP contribution in [-0.4, -0.2) is 57.3 Å². The predicted molar refractivity (Wildman–Crippen MR) is 109 cm³/mol. The predicted octanol–water partition coefficient (Wildman–Crippen LogP) is 3.09. The number of benzene rings is 1. The highest BCUT2D eigenvalue weighted by molar-refractivity contribution is 9.10. The summed E-state index contributed by atoms with van der Waals surface area (Å²) in [5, 5.41) is 16.0. The molecule has 0 aliphatic carbocycles. The first kappa shape index (κ1) is 21.3. The van der Waals surface area contributed by atoms with Gasteiger partial charge in [0.1, 0.15) is 11.1 Å². The lowest BCUT2D eigenvalue weighted by atomic mass is 9.98. The van der Waals surface area contributed by atoms with E-state index >= 15 is 0 Å². The highest BCUT2D eigenvalue weighted by atomic mass is 79.9. The molecule has 0 bridgehead atoms. The fraction of sp³-hybridized carbons (Fsp3) is 0.471. The number of nitrogens with one attached hydrogen (secondary N) is 1. The summed E-state index contributed by atoms with van der Waals surface area (Å²) in [7, 11) is -3.51. The molecular formula is C17H21BrN4O4S2. The molecule has 0 spiro atoms. The van der Waals surface area contributed by atoms with Gasteiger partial charge in [0, 0.05) is 23.5 Å². The zero-order valence-electron chi connectivity index (χ0n) is 15.2. The Labute approximate surface area is 176 Å². The van der Waals surface area contributed by atoms with Crippen molar-refractivity contribution in [2.45, 2.75) is 47.4 Å². The lowest BCUT2D eigenvalue weighted by molar-refractivity contribution is -0.136. The van der Waals surface area contributed by atoms with Crippen LogP contribution in [0.1, 0.15) is 37.9 Å². The minimum Gasteiger partial charge on any atom is -0.480 e. The number of hydrogen-bond acceptors (Lipinski definition) is 6. The van der Waals surface area contributed by atoms with Crippen LogP contribution in [0.15, 0.2) is 38.8 Å². The molecule has 0 radical (unpaired) electrons. The number of sulfonamides is 1. The van der Waals surface area contributed by atoms with Crippen LogP contribution >= 0.6 is 27.7 Å². The van der Waals surface area contributed by atoms with E-state index in [9.17, 15) is 13.2 Å². The van der Waals surface area contributed by atoms with E-state index < -0.39 is 21.2 Å². The maximum atomic E-state index is 12.8. The highest BCUT2D eigenvalue weighted by Crippen LogP contribution is 2.31. The average molecular weight is 489 g/mol. The van der Waals surface area contributed by atoms with Crippen LogP contribution in [0.3, 0.4) is 0 Å². The molecule has 1 saturated heterocycles. The zero-order chi connectivity index (χ0) is 20.3. The Hall–Kier alpha value is -1.43. The monoisotopic (exact) mass is 488 g/mol. The molecule has 2 heterocycles. The number of carbonyl (C=O) groups is 1. The van der Waals surface area contributed by atoms with E-state index in [-0.39, 0.29) is 10.8 Å². The smallest absolute Gasteiger partial charge is 0.317 e. The quantitative estimate of drug-likeness (QED) is 0.574.